The minimum Gasteiger partial charge on any atom is -0.469 e. The SMILES string of the molecule is COC(=O)C1CCN(C(=O)c2csc(-c3cnccn3)n2)CC1. The number of carbonyl (C=O) groups excluding carboxylic acids is 2. The van der Waals surface area contributed by atoms with E-state index in [1.807, 2.05) is 0 Å². The first-order chi connectivity index (χ1) is 11.2. The van der Waals surface area contributed by atoms with E-state index in [9.17, 15) is 9.59 Å². The molecule has 0 spiro atoms. The van der Waals surface area contributed by atoms with E-state index in [0.717, 1.165) is 0 Å². The van der Waals surface area contributed by atoms with Gasteiger partial charge in [-0.25, -0.2) is 4.98 Å². The fourth-order valence-corrected chi connectivity index (χ4v) is 3.30. The molecule has 1 aliphatic heterocycles. The molecule has 2 aromatic heterocycles. The van der Waals surface area contributed by atoms with Crippen LogP contribution in [0.15, 0.2) is 24.0 Å². The van der Waals surface area contributed by atoms with E-state index in [1.165, 1.54) is 18.4 Å². The Morgan fingerprint density at radius 3 is 2.74 bits per heavy atom. The summed E-state index contributed by atoms with van der Waals surface area (Å²) in [6.45, 7) is 1.08. The number of amides is 1. The summed E-state index contributed by atoms with van der Waals surface area (Å²) in [6, 6.07) is 0. The maximum Gasteiger partial charge on any atom is 0.308 e. The van der Waals surface area contributed by atoms with E-state index in [4.69, 9.17) is 4.74 Å². The molecule has 8 heteroatoms. The Balaban J connectivity index is 1.66. The average molecular weight is 332 g/mol. The Morgan fingerprint density at radius 1 is 1.30 bits per heavy atom. The van der Waals surface area contributed by atoms with Gasteiger partial charge in [0.25, 0.3) is 5.91 Å². The van der Waals surface area contributed by atoms with Gasteiger partial charge in [-0.3, -0.25) is 19.6 Å². The highest BCUT2D eigenvalue weighted by molar-refractivity contribution is 7.13. The smallest absolute Gasteiger partial charge is 0.308 e. The quantitative estimate of drug-likeness (QED) is 0.794. The molecule has 0 atom stereocenters. The third kappa shape index (κ3) is 3.37. The molecule has 0 aliphatic carbocycles. The highest BCUT2D eigenvalue weighted by Crippen LogP contribution is 2.24. The summed E-state index contributed by atoms with van der Waals surface area (Å²) < 4.78 is 4.76. The van der Waals surface area contributed by atoms with Gasteiger partial charge in [0.1, 0.15) is 16.4 Å². The largest absolute Gasteiger partial charge is 0.469 e. The Hall–Kier alpha value is -2.35. The van der Waals surface area contributed by atoms with E-state index >= 15 is 0 Å². The van der Waals surface area contributed by atoms with E-state index in [1.54, 1.807) is 28.9 Å². The summed E-state index contributed by atoms with van der Waals surface area (Å²) in [4.78, 5) is 38.3. The van der Waals surface area contributed by atoms with Crippen LogP contribution in [-0.4, -0.2) is 51.9 Å². The first kappa shape index (κ1) is 15.5. The van der Waals surface area contributed by atoms with Gasteiger partial charge in [0, 0.05) is 30.9 Å². The molecule has 0 aromatic carbocycles. The molecule has 3 rings (SSSR count). The summed E-state index contributed by atoms with van der Waals surface area (Å²) in [6.07, 6.45) is 6.05. The topological polar surface area (TPSA) is 85.3 Å². The summed E-state index contributed by atoms with van der Waals surface area (Å²) >= 11 is 1.37. The third-order valence-corrected chi connectivity index (χ3v) is 4.69. The van der Waals surface area contributed by atoms with Crippen molar-refractivity contribution < 1.29 is 14.3 Å². The van der Waals surface area contributed by atoms with Gasteiger partial charge in [-0.15, -0.1) is 11.3 Å². The van der Waals surface area contributed by atoms with Crippen LogP contribution in [-0.2, 0) is 9.53 Å². The number of ether oxygens (including phenoxy) is 1. The molecule has 1 fully saturated rings. The summed E-state index contributed by atoms with van der Waals surface area (Å²) in [7, 11) is 1.39. The van der Waals surface area contributed by atoms with Gasteiger partial charge in [0.05, 0.1) is 19.2 Å². The molecular weight excluding hydrogens is 316 g/mol. The molecular formula is C15H16N4O3S. The first-order valence-electron chi connectivity index (χ1n) is 7.28. The highest BCUT2D eigenvalue weighted by Gasteiger charge is 2.29. The van der Waals surface area contributed by atoms with Crippen LogP contribution in [0.1, 0.15) is 23.3 Å². The normalized spacial score (nSPS) is 15.4. The van der Waals surface area contributed by atoms with Gasteiger partial charge in [0.2, 0.25) is 0 Å². The first-order valence-corrected chi connectivity index (χ1v) is 8.16. The number of esters is 1. The zero-order chi connectivity index (χ0) is 16.2. The molecule has 0 radical (unpaired) electrons. The second-order valence-corrected chi connectivity index (χ2v) is 6.08. The Morgan fingerprint density at radius 2 is 2.09 bits per heavy atom. The molecule has 1 aliphatic rings. The summed E-state index contributed by atoms with van der Waals surface area (Å²) in [5.41, 5.74) is 1.06. The van der Waals surface area contributed by atoms with Crippen LogP contribution in [0.5, 0.6) is 0 Å². The number of aromatic nitrogens is 3. The van der Waals surface area contributed by atoms with Crippen molar-refractivity contribution >= 4 is 23.2 Å². The number of likely N-dealkylation sites (tertiary alicyclic amines) is 1. The summed E-state index contributed by atoms with van der Waals surface area (Å²) in [5.74, 6) is -0.426. The fraction of sp³-hybridized carbons (Fsp3) is 0.400. The van der Waals surface area contributed by atoms with E-state index in [0.29, 0.717) is 42.3 Å². The number of methoxy groups -OCH3 is 1. The minimum atomic E-state index is -0.198. The fourth-order valence-electron chi connectivity index (χ4n) is 2.55. The van der Waals surface area contributed by atoms with Crippen LogP contribution in [0.25, 0.3) is 10.7 Å². The Labute approximate surface area is 137 Å². The summed E-state index contributed by atoms with van der Waals surface area (Å²) in [5, 5.41) is 2.41. The molecule has 1 amide bonds. The maximum atomic E-state index is 12.5. The lowest BCUT2D eigenvalue weighted by Crippen LogP contribution is -2.40. The van der Waals surface area contributed by atoms with Crippen LogP contribution < -0.4 is 0 Å². The van der Waals surface area contributed by atoms with Crippen LogP contribution in [0, 0.1) is 5.92 Å². The number of thiazole rings is 1. The van der Waals surface area contributed by atoms with Gasteiger partial charge in [-0.1, -0.05) is 0 Å². The number of rotatable bonds is 3. The predicted molar refractivity (Wildman–Crippen MR) is 83.8 cm³/mol. The van der Waals surface area contributed by atoms with Crippen molar-refractivity contribution in [2.75, 3.05) is 20.2 Å². The minimum absolute atomic E-state index is 0.111. The second kappa shape index (κ2) is 6.82. The van der Waals surface area contributed by atoms with Crippen molar-refractivity contribution in [1.29, 1.82) is 0 Å². The van der Waals surface area contributed by atoms with E-state index in [2.05, 4.69) is 15.0 Å². The average Bonchev–Trinajstić information content (AvgIpc) is 3.11. The Kier molecular flexibility index (Phi) is 4.61. The molecule has 0 bridgehead atoms. The number of hydrogen-bond donors (Lipinski definition) is 0. The van der Waals surface area contributed by atoms with Gasteiger partial charge in [-0.05, 0) is 12.8 Å². The molecule has 0 unspecified atom stereocenters. The number of carbonyl (C=O) groups is 2. The molecule has 0 N–H and O–H groups in total. The zero-order valence-electron chi connectivity index (χ0n) is 12.6. The molecule has 3 heterocycles. The predicted octanol–water partition coefficient (Wildman–Crippen LogP) is 1.63. The molecule has 1 saturated heterocycles. The van der Waals surface area contributed by atoms with Crippen LogP contribution in [0.4, 0.5) is 0 Å². The lowest BCUT2D eigenvalue weighted by Gasteiger charge is -2.30. The third-order valence-electron chi connectivity index (χ3n) is 3.82. The van der Waals surface area contributed by atoms with Crippen molar-refractivity contribution in [1.82, 2.24) is 19.9 Å². The Bertz CT molecular complexity index is 696. The van der Waals surface area contributed by atoms with Gasteiger partial charge >= 0.3 is 5.97 Å². The van der Waals surface area contributed by atoms with Crippen molar-refractivity contribution in [3.8, 4) is 10.7 Å². The molecule has 120 valence electrons. The highest BCUT2D eigenvalue weighted by atomic mass is 32.1. The molecule has 23 heavy (non-hydrogen) atoms. The van der Waals surface area contributed by atoms with Crippen molar-refractivity contribution in [2.24, 2.45) is 5.92 Å². The van der Waals surface area contributed by atoms with E-state index in [-0.39, 0.29) is 17.8 Å². The number of piperidine rings is 1. The maximum absolute atomic E-state index is 12.5. The van der Waals surface area contributed by atoms with Crippen molar-refractivity contribution in [2.45, 2.75) is 12.8 Å². The van der Waals surface area contributed by atoms with Crippen molar-refractivity contribution in [3.63, 3.8) is 0 Å². The number of nitrogens with zero attached hydrogens (tertiary/aromatic N) is 4. The molecule has 2 aromatic rings. The lowest BCUT2D eigenvalue weighted by atomic mass is 9.97. The van der Waals surface area contributed by atoms with Gasteiger partial charge < -0.3 is 9.64 Å². The second-order valence-electron chi connectivity index (χ2n) is 5.22. The number of hydrogen-bond acceptors (Lipinski definition) is 7. The molecule has 0 saturated carbocycles. The monoisotopic (exact) mass is 332 g/mol. The van der Waals surface area contributed by atoms with Gasteiger partial charge in [0.15, 0.2) is 0 Å². The van der Waals surface area contributed by atoms with Crippen LogP contribution in [0.2, 0.25) is 0 Å². The van der Waals surface area contributed by atoms with Crippen LogP contribution in [0.3, 0.4) is 0 Å². The van der Waals surface area contributed by atoms with Gasteiger partial charge in [-0.2, -0.15) is 0 Å². The standard InChI is InChI=1S/C15H16N4O3S/c1-22-15(21)10-2-6-19(7-3-10)14(20)12-9-23-13(18-12)11-8-16-4-5-17-11/h4-5,8-10H,2-3,6-7H2,1H3. The molecule has 7 nitrogen and oxygen atoms in total. The van der Waals surface area contributed by atoms with E-state index < -0.39 is 0 Å². The zero-order valence-corrected chi connectivity index (χ0v) is 13.5. The van der Waals surface area contributed by atoms with Crippen LogP contribution >= 0.6 is 11.3 Å². The lowest BCUT2D eigenvalue weighted by molar-refractivity contribution is -0.146. The van der Waals surface area contributed by atoms with Crippen molar-refractivity contribution in [3.05, 3.63) is 29.7 Å².